The van der Waals surface area contributed by atoms with Crippen LogP contribution >= 0.6 is 0 Å². The predicted octanol–water partition coefficient (Wildman–Crippen LogP) is 6.86. The molecule has 1 unspecified atom stereocenters. The van der Waals surface area contributed by atoms with Crippen molar-refractivity contribution in [3.63, 3.8) is 0 Å². The maximum Gasteiger partial charge on any atom is 0.197 e. The van der Waals surface area contributed by atoms with Crippen LogP contribution in [0.2, 0.25) is 0 Å². The topological polar surface area (TPSA) is 94.9 Å². The van der Waals surface area contributed by atoms with Gasteiger partial charge in [-0.15, -0.1) is 0 Å². The van der Waals surface area contributed by atoms with Gasteiger partial charge < -0.3 is 11.5 Å². The quantitative estimate of drug-likeness (QED) is 0.118. The summed E-state index contributed by atoms with van der Waals surface area (Å²) in [4.78, 5) is 21.2. The van der Waals surface area contributed by atoms with Crippen molar-refractivity contribution in [1.29, 1.82) is 0 Å². The SMILES string of the molecule is CC1CCc2c(F)c(F)c(F)c(F)c2CC1=O.Nc1ccc2c(c1)CCc1nc(N)c(CCC3CCCCC3)nc1-2. The number of hydrogen-bond acceptors (Lipinski definition) is 5. The van der Waals surface area contributed by atoms with Crippen molar-refractivity contribution in [3.8, 4) is 11.3 Å². The maximum atomic E-state index is 13.5. The molecule has 1 fully saturated rings. The summed E-state index contributed by atoms with van der Waals surface area (Å²) >= 11 is 0. The molecule has 1 saturated carbocycles. The van der Waals surface area contributed by atoms with E-state index in [0.29, 0.717) is 12.2 Å². The molecule has 1 aromatic heterocycles. The van der Waals surface area contributed by atoms with E-state index in [1.807, 2.05) is 6.07 Å². The molecule has 6 rings (SSSR count). The second-order valence-electron chi connectivity index (χ2n) is 11.6. The first-order valence-electron chi connectivity index (χ1n) is 14.5. The van der Waals surface area contributed by atoms with Crippen molar-refractivity contribution in [2.75, 3.05) is 11.5 Å². The standard InChI is InChI=1S/C20H26N4.C12H10F4O/c21-15-8-9-16-14(12-15)7-11-17-19(16)23-18(20(22)24-17)10-6-13-4-2-1-3-5-13;1-5-2-3-6-7(4-8(5)17)10(14)12(16)11(15)9(6)13/h8-9,12-13H,1-7,10-11,21H2,(H2,22,24);5H,2-4H2,1H3. The first-order chi connectivity index (χ1) is 19.6. The second-order valence-corrected chi connectivity index (χ2v) is 11.6. The Morgan fingerprint density at radius 3 is 2.29 bits per heavy atom. The number of ketones is 1. The molecular weight excluding hydrogens is 532 g/mol. The number of nitrogens with two attached hydrogens (primary N) is 2. The highest BCUT2D eigenvalue weighted by Gasteiger charge is 2.30. The van der Waals surface area contributed by atoms with Crippen LogP contribution in [-0.4, -0.2) is 15.8 Å². The first kappa shape index (κ1) is 29.0. The number of aromatic nitrogens is 2. The molecule has 0 spiro atoms. The fourth-order valence-electron chi connectivity index (χ4n) is 6.25. The van der Waals surface area contributed by atoms with Crippen molar-refractivity contribution >= 4 is 17.3 Å². The lowest BCUT2D eigenvalue weighted by molar-refractivity contribution is -0.121. The van der Waals surface area contributed by atoms with Crippen molar-refractivity contribution in [2.24, 2.45) is 11.8 Å². The highest BCUT2D eigenvalue weighted by Crippen LogP contribution is 2.35. The van der Waals surface area contributed by atoms with Crippen LogP contribution < -0.4 is 11.5 Å². The zero-order chi connectivity index (χ0) is 29.3. The molecule has 1 heterocycles. The van der Waals surface area contributed by atoms with Crippen LogP contribution in [0.4, 0.5) is 29.1 Å². The Balaban J connectivity index is 0.000000175. The fraction of sp³-hybridized carbons (Fsp3) is 0.469. The van der Waals surface area contributed by atoms with E-state index >= 15 is 0 Å². The number of nitrogen functional groups attached to an aromatic ring is 2. The summed E-state index contributed by atoms with van der Waals surface area (Å²) < 4.78 is 53.0. The molecule has 0 radical (unpaired) electrons. The van der Waals surface area contributed by atoms with Gasteiger partial charge in [0.15, 0.2) is 23.3 Å². The van der Waals surface area contributed by atoms with E-state index in [1.54, 1.807) is 6.92 Å². The molecule has 0 bridgehead atoms. The van der Waals surface area contributed by atoms with Crippen molar-refractivity contribution in [1.82, 2.24) is 9.97 Å². The van der Waals surface area contributed by atoms with Gasteiger partial charge in [-0.1, -0.05) is 45.1 Å². The molecule has 41 heavy (non-hydrogen) atoms. The number of aryl methyl sites for hydroxylation is 3. The van der Waals surface area contributed by atoms with Gasteiger partial charge in [-0.2, -0.15) is 0 Å². The predicted molar refractivity (Wildman–Crippen MR) is 151 cm³/mol. The normalized spacial score (nSPS) is 18.5. The Morgan fingerprint density at radius 1 is 0.854 bits per heavy atom. The van der Waals surface area contributed by atoms with Crippen LogP contribution in [-0.2, 0) is 36.9 Å². The zero-order valence-electron chi connectivity index (χ0n) is 23.3. The minimum absolute atomic E-state index is 0.0438. The van der Waals surface area contributed by atoms with Gasteiger partial charge in [-0.05, 0) is 67.7 Å². The van der Waals surface area contributed by atoms with E-state index in [1.165, 1.54) is 49.7 Å². The largest absolute Gasteiger partial charge is 0.399 e. The monoisotopic (exact) mass is 568 g/mol. The molecule has 5 nitrogen and oxygen atoms in total. The Hall–Kier alpha value is -3.49. The third-order valence-electron chi connectivity index (χ3n) is 8.80. The lowest BCUT2D eigenvalue weighted by Crippen LogP contribution is -2.14. The number of halogens is 4. The number of nitrogens with zero attached hydrogens (tertiary/aromatic N) is 2. The lowest BCUT2D eigenvalue weighted by Gasteiger charge is -2.23. The summed E-state index contributed by atoms with van der Waals surface area (Å²) in [5.41, 5.74) is 17.9. The van der Waals surface area contributed by atoms with Gasteiger partial charge >= 0.3 is 0 Å². The Kier molecular flexibility index (Phi) is 8.61. The van der Waals surface area contributed by atoms with Crippen LogP contribution in [0.1, 0.15) is 79.9 Å². The zero-order valence-corrected chi connectivity index (χ0v) is 23.3. The van der Waals surface area contributed by atoms with E-state index in [-0.39, 0.29) is 35.7 Å². The molecule has 218 valence electrons. The first-order valence-corrected chi connectivity index (χ1v) is 14.5. The van der Waals surface area contributed by atoms with Crippen molar-refractivity contribution in [3.05, 3.63) is 69.5 Å². The molecule has 3 aliphatic carbocycles. The van der Waals surface area contributed by atoms with Gasteiger partial charge in [0.2, 0.25) is 0 Å². The molecular formula is C32H36F4N4O. The minimum atomic E-state index is -1.84. The Morgan fingerprint density at radius 2 is 1.56 bits per heavy atom. The summed E-state index contributed by atoms with van der Waals surface area (Å²) in [5, 5.41) is 0. The van der Waals surface area contributed by atoms with Gasteiger partial charge in [-0.3, -0.25) is 4.79 Å². The highest BCUT2D eigenvalue weighted by atomic mass is 19.2. The van der Waals surface area contributed by atoms with Gasteiger partial charge in [0.05, 0.1) is 17.1 Å². The van der Waals surface area contributed by atoms with E-state index in [9.17, 15) is 22.4 Å². The molecule has 0 saturated heterocycles. The van der Waals surface area contributed by atoms with Crippen LogP contribution in [0.25, 0.3) is 11.3 Å². The Labute approximate surface area is 237 Å². The van der Waals surface area contributed by atoms with Crippen LogP contribution in [0, 0.1) is 35.1 Å². The lowest BCUT2D eigenvalue weighted by atomic mass is 9.85. The molecule has 0 amide bonds. The second kappa shape index (κ2) is 12.2. The number of fused-ring (bicyclic) bond motifs is 4. The summed E-state index contributed by atoms with van der Waals surface area (Å²) in [6, 6.07) is 6.10. The van der Waals surface area contributed by atoms with Gasteiger partial charge in [-0.25, -0.2) is 27.5 Å². The van der Waals surface area contributed by atoms with Crippen LogP contribution in [0.3, 0.4) is 0 Å². The summed E-state index contributed by atoms with van der Waals surface area (Å²) in [6.45, 7) is 1.64. The molecule has 3 aromatic rings. The number of Topliss-reactive ketones (excluding diaryl/α,β-unsaturated/α-hetero) is 1. The molecule has 2 aromatic carbocycles. The number of anilines is 2. The summed E-state index contributed by atoms with van der Waals surface area (Å²) in [6.07, 6.45) is 10.8. The summed E-state index contributed by atoms with van der Waals surface area (Å²) in [7, 11) is 0. The number of rotatable bonds is 3. The smallest absolute Gasteiger partial charge is 0.197 e. The molecule has 4 N–H and O–H groups in total. The molecule has 0 aliphatic heterocycles. The molecule has 3 aliphatic rings. The van der Waals surface area contributed by atoms with E-state index in [2.05, 4.69) is 17.1 Å². The van der Waals surface area contributed by atoms with Crippen molar-refractivity contribution in [2.45, 2.75) is 84.0 Å². The number of carbonyl (C=O) groups is 1. The average Bonchev–Trinajstić information content (AvgIpc) is 3.12. The van der Waals surface area contributed by atoms with Gasteiger partial charge in [0, 0.05) is 29.2 Å². The number of carbonyl (C=O) groups excluding carboxylic acids is 1. The van der Waals surface area contributed by atoms with E-state index in [0.717, 1.165) is 47.9 Å². The average molecular weight is 569 g/mol. The highest BCUT2D eigenvalue weighted by molar-refractivity contribution is 5.84. The number of hydrogen-bond donors (Lipinski definition) is 2. The van der Waals surface area contributed by atoms with Crippen LogP contribution in [0.15, 0.2) is 18.2 Å². The molecule has 9 heteroatoms. The fourth-order valence-corrected chi connectivity index (χ4v) is 6.25. The van der Waals surface area contributed by atoms with Crippen LogP contribution in [0.5, 0.6) is 0 Å². The maximum absolute atomic E-state index is 13.5. The van der Waals surface area contributed by atoms with Gasteiger partial charge in [0.1, 0.15) is 11.6 Å². The van der Waals surface area contributed by atoms with E-state index in [4.69, 9.17) is 16.5 Å². The van der Waals surface area contributed by atoms with Crippen molar-refractivity contribution < 1.29 is 22.4 Å². The Bertz CT molecular complexity index is 1470. The number of benzene rings is 2. The third kappa shape index (κ3) is 6.09. The third-order valence-corrected chi connectivity index (χ3v) is 8.80. The summed E-state index contributed by atoms with van der Waals surface area (Å²) in [5.74, 6) is -5.64. The minimum Gasteiger partial charge on any atom is -0.399 e. The van der Waals surface area contributed by atoms with E-state index < -0.39 is 23.3 Å². The molecule has 1 atom stereocenters. The van der Waals surface area contributed by atoms with Gasteiger partial charge in [0.25, 0.3) is 0 Å².